The minimum absolute atomic E-state index is 0.238. The highest BCUT2D eigenvalue weighted by Crippen LogP contribution is 2.23. The molecule has 1 unspecified atom stereocenters. The first-order chi connectivity index (χ1) is 11.4. The Hall–Kier alpha value is -2.89. The van der Waals surface area contributed by atoms with Crippen LogP contribution in [-0.2, 0) is 4.79 Å². The van der Waals surface area contributed by atoms with E-state index in [9.17, 15) is 9.59 Å². The van der Waals surface area contributed by atoms with Gasteiger partial charge in [-0.15, -0.1) is 0 Å². The third-order valence-electron chi connectivity index (χ3n) is 3.59. The molecule has 2 aromatic rings. The van der Waals surface area contributed by atoms with Gasteiger partial charge in [0.25, 0.3) is 5.91 Å². The molecular weight excluding hydrogens is 304 g/mol. The van der Waals surface area contributed by atoms with Crippen LogP contribution in [0.3, 0.4) is 0 Å². The molecule has 0 saturated heterocycles. The van der Waals surface area contributed by atoms with Crippen LogP contribution in [0.4, 0.5) is 5.69 Å². The number of amides is 2. The van der Waals surface area contributed by atoms with E-state index in [0.29, 0.717) is 23.4 Å². The fourth-order valence-electron chi connectivity index (χ4n) is 2.43. The summed E-state index contributed by atoms with van der Waals surface area (Å²) >= 11 is 0. The quantitative estimate of drug-likeness (QED) is 0.753. The molecule has 24 heavy (non-hydrogen) atoms. The van der Waals surface area contributed by atoms with Crippen molar-refractivity contribution in [2.24, 2.45) is 11.7 Å². The molecule has 5 N–H and O–H groups in total. The standard InChI is InChI=1S/C18H22N4O2/c1-11(2)9-15(17(20)23)22-18(24)13-6-3-5-12(10-13)16-14(19)7-4-8-21-16/h3-8,10-11,15H,9,19H2,1-2H3,(H2,20,23)(H,22,24). The van der Waals surface area contributed by atoms with E-state index in [-0.39, 0.29) is 11.8 Å². The van der Waals surface area contributed by atoms with Gasteiger partial charge in [0.05, 0.1) is 11.4 Å². The average Bonchev–Trinajstić information content (AvgIpc) is 2.54. The number of nitrogens with one attached hydrogen (secondary N) is 1. The van der Waals surface area contributed by atoms with Crippen LogP contribution in [0.25, 0.3) is 11.3 Å². The monoisotopic (exact) mass is 326 g/mol. The van der Waals surface area contributed by atoms with Crippen molar-refractivity contribution in [3.63, 3.8) is 0 Å². The zero-order valence-corrected chi connectivity index (χ0v) is 13.8. The van der Waals surface area contributed by atoms with E-state index in [1.54, 1.807) is 36.5 Å². The van der Waals surface area contributed by atoms with Gasteiger partial charge in [-0.25, -0.2) is 0 Å². The van der Waals surface area contributed by atoms with Gasteiger partial charge in [0, 0.05) is 17.3 Å². The van der Waals surface area contributed by atoms with E-state index in [1.165, 1.54) is 0 Å². The van der Waals surface area contributed by atoms with Crippen LogP contribution in [0.1, 0.15) is 30.6 Å². The van der Waals surface area contributed by atoms with Crippen molar-refractivity contribution in [2.45, 2.75) is 26.3 Å². The molecule has 1 aromatic carbocycles. The first kappa shape index (κ1) is 17.5. The van der Waals surface area contributed by atoms with Gasteiger partial charge in [-0.05, 0) is 36.6 Å². The summed E-state index contributed by atoms with van der Waals surface area (Å²) in [7, 11) is 0. The zero-order chi connectivity index (χ0) is 17.7. The summed E-state index contributed by atoms with van der Waals surface area (Å²) in [5.74, 6) is -0.652. The van der Waals surface area contributed by atoms with E-state index in [2.05, 4.69) is 10.3 Å². The second-order valence-electron chi connectivity index (χ2n) is 6.08. The summed E-state index contributed by atoms with van der Waals surface area (Å²) in [5, 5.41) is 2.69. The normalized spacial score (nSPS) is 12.0. The van der Waals surface area contributed by atoms with Crippen molar-refractivity contribution in [2.75, 3.05) is 5.73 Å². The number of anilines is 1. The van der Waals surface area contributed by atoms with Crippen LogP contribution in [-0.4, -0.2) is 22.8 Å². The SMILES string of the molecule is CC(C)CC(NC(=O)c1cccc(-c2ncccc2N)c1)C(N)=O. The molecule has 0 saturated carbocycles. The lowest BCUT2D eigenvalue weighted by molar-refractivity contribution is -0.120. The predicted molar refractivity (Wildman–Crippen MR) is 94.0 cm³/mol. The fraction of sp³-hybridized carbons (Fsp3) is 0.278. The lowest BCUT2D eigenvalue weighted by atomic mass is 10.0. The summed E-state index contributed by atoms with van der Waals surface area (Å²) in [5.41, 5.74) is 13.6. The lowest BCUT2D eigenvalue weighted by Gasteiger charge is -2.17. The number of nitrogens with two attached hydrogens (primary N) is 2. The number of aromatic nitrogens is 1. The number of carbonyl (C=O) groups excluding carboxylic acids is 2. The van der Waals surface area contributed by atoms with Crippen molar-refractivity contribution >= 4 is 17.5 Å². The van der Waals surface area contributed by atoms with Crippen molar-refractivity contribution in [3.8, 4) is 11.3 Å². The summed E-state index contributed by atoms with van der Waals surface area (Å²) in [6.45, 7) is 3.93. The highest BCUT2D eigenvalue weighted by atomic mass is 16.2. The largest absolute Gasteiger partial charge is 0.397 e. The number of nitrogen functional groups attached to an aromatic ring is 1. The number of carbonyl (C=O) groups is 2. The molecule has 0 spiro atoms. The van der Waals surface area contributed by atoms with Crippen LogP contribution in [0, 0.1) is 5.92 Å². The van der Waals surface area contributed by atoms with E-state index in [4.69, 9.17) is 11.5 Å². The summed E-state index contributed by atoms with van der Waals surface area (Å²) in [6, 6.07) is 9.75. The molecule has 0 fully saturated rings. The van der Waals surface area contributed by atoms with Crippen molar-refractivity contribution in [3.05, 3.63) is 48.2 Å². The van der Waals surface area contributed by atoms with Gasteiger partial charge in [0.2, 0.25) is 5.91 Å². The third kappa shape index (κ3) is 4.32. The number of primary amides is 1. The minimum atomic E-state index is -0.693. The second kappa shape index (κ2) is 7.59. The molecular formula is C18H22N4O2. The first-order valence-corrected chi connectivity index (χ1v) is 7.79. The van der Waals surface area contributed by atoms with Crippen LogP contribution in [0.2, 0.25) is 0 Å². The van der Waals surface area contributed by atoms with Crippen LogP contribution in [0.5, 0.6) is 0 Å². The highest BCUT2D eigenvalue weighted by molar-refractivity contribution is 5.98. The van der Waals surface area contributed by atoms with Gasteiger partial charge in [0.1, 0.15) is 6.04 Å². The zero-order valence-electron chi connectivity index (χ0n) is 13.8. The smallest absolute Gasteiger partial charge is 0.251 e. The Bertz CT molecular complexity index is 743. The minimum Gasteiger partial charge on any atom is -0.397 e. The Labute approximate surface area is 141 Å². The van der Waals surface area contributed by atoms with Crippen LogP contribution >= 0.6 is 0 Å². The molecule has 0 aliphatic heterocycles. The van der Waals surface area contributed by atoms with E-state index >= 15 is 0 Å². The van der Waals surface area contributed by atoms with Crippen molar-refractivity contribution in [1.82, 2.24) is 10.3 Å². The number of hydrogen-bond acceptors (Lipinski definition) is 4. The molecule has 0 aliphatic carbocycles. The Morgan fingerprint density at radius 1 is 1.21 bits per heavy atom. The predicted octanol–water partition coefficient (Wildman–Crippen LogP) is 1.96. The third-order valence-corrected chi connectivity index (χ3v) is 3.59. The Kier molecular flexibility index (Phi) is 5.52. The first-order valence-electron chi connectivity index (χ1n) is 7.79. The van der Waals surface area contributed by atoms with E-state index in [1.807, 2.05) is 19.9 Å². The second-order valence-corrected chi connectivity index (χ2v) is 6.08. The molecule has 2 amide bonds. The lowest BCUT2D eigenvalue weighted by Crippen LogP contribution is -2.45. The number of nitrogens with zero attached hydrogens (tertiary/aromatic N) is 1. The molecule has 1 atom stereocenters. The molecule has 2 rings (SSSR count). The topological polar surface area (TPSA) is 111 Å². The van der Waals surface area contributed by atoms with Gasteiger partial charge in [-0.1, -0.05) is 26.0 Å². The number of rotatable bonds is 6. The summed E-state index contributed by atoms with van der Waals surface area (Å²) in [6.07, 6.45) is 2.14. The molecule has 6 nitrogen and oxygen atoms in total. The molecule has 0 bridgehead atoms. The molecule has 0 aliphatic rings. The average molecular weight is 326 g/mol. The van der Waals surface area contributed by atoms with Crippen molar-refractivity contribution in [1.29, 1.82) is 0 Å². The number of hydrogen-bond donors (Lipinski definition) is 3. The van der Waals surface area contributed by atoms with Gasteiger partial charge >= 0.3 is 0 Å². The summed E-state index contributed by atoms with van der Waals surface area (Å²) < 4.78 is 0. The number of pyridine rings is 1. The Balaban J connectivity index is 2.23. The van der Waals surface area contributed by atoms with Crippen LogP contribution in [0.15, 0.2) is 42.6 Å². The Morgan fingerprint density at radius 2 is 1.96 bits per heavy atom. The van der Waals surface area contributed by atoms with Gasteiger partial charge in [-0.2, -0.15) is 0 Å². The maximum atomic E-state index is 12.4. The maximum absolute atomic E-state index is 12.4. The summed E-state index contributed by atoms with van der Waals surface area (Å²) in [4.78, 5) is 28.2. The maximum Gasteiger partial charge on any atom is 0.251 e. The van der Waals surface area contributed by atoms with Crippen LogP contribution < -0.4 is 16.8 Å². The van der Waals surface area contributed by atoms with E-state index in [0.717, 1.165) is 5.56 Å². The molecule has 1 heterocycles. The molecule has 6 heteroatoms. The van der Waals surface area contributed by atoms with E-state index < -0.39 is 11.9 Å². The molecule has 1 aromatic heterocycles. The molecule has 126 valence electrons. The Morgan fingerprint density at radius 3 is 2.58 bits per heavy atom. The van der Waals surface area contributed by atoms with Crippen molar-refractivity contribution < 1.29 is 9.59 Å². The van der Waals surface area contributed by atoms with Gasteiger partial charge in [-0.3, -0.25) is 14.6 Å². The van der Waals surface area contributed by atoms with Gasteiger partial charge in [0.15, 0.2) is 0 Å². The van der Waals surface area contributed by atoms with Gasteiger partial charge < -0.3 is 16.8 Å². The molecule has 0 radical (unpaired) electrons. The highest BCUT2D eigenvalue weighted by Gasteiger charge is 2.20. The fourth-order valence-corrected chi connectivity index (χ4v) is 2.43. The number of benzene rings is 1.